The number of alkyl halides is 1. The van der Waals surface area contributed by atoms with Crippen LogP contribution in [-0.4, -0.2) is 21.6 Å². The fourth-order valence-electron chi connectivity index (χ4n) is 2.32. The lowest BCUT2D eigenvalue weighted by Crippen LogP contribution is -2.00. The first-order chi connectivity index (χ1) is 10.8. The van der Waals surface area contributed by atoms with Gasteiger partial charge in [-0.25, -0.2) is 4.68 Å². The van der Waals surface area contributed by atoms with Gasteiger partial charge in [-0.15, -0.1) is 16.7 Å². The maximum Gasteiger partial charge on any atom is 0.119 e. The van der Waals surface area contributed by atoms with Crippen LogP contribution in [0.4, 0.5) is 0 Å². The Labute approximate surface area is 134 Å². The summed E-state index contributed by atoms with van der Waals surface area (Å²) >= 11 is 6.01. The molecule has 22 heavy (non-hydrogen) atoms. The lowest BCUT2D eigenvalue weighted by molar-refractivity contribution is 0.340. The first kappa shape index (κ1) is 14.6. The van der Waals surface area contributed by atoms with Crippen molar-refractivity contribution in [2.45, 2.75) is 12.8 Å². The van der Waals surface area contributed by atoms with E-state index in [0.717, 1.165) is 28.4 Å². The molecule has 1 aromatic heterocycles. The summed E-state index contributed by atoms with van der Waals surface area (Å²) in [6.45, 7) is 2.61. The number of ether oxygens (including phenoxy) is 1. The molecular formula is C17H16ClN3O. The molecular weight excluding hydrogens is 298 g/mol. The van der Waals surface area contributed by atoms with Gasteiger partial charge in [-0.05, 0) is 31.2 Å². The Morgan fingerprint density at radius 1 is 1.05 bits per heavy atom. The highest BCUT2D eigenvalue weighted by Gasteiger charge is 2.15. The molecule has 112 valence electrons. The minimum atomic E-state index is 0.321. The number of hydrogen-bond acceptors (Lipinski definition) is 3. The van der Waals surface area contributed by atoms with Crippen molar-refractivity contribution in [2.24, 2.45) is 0 Å². The van der Waals surface area contributed by atoms with Crippen molar-refractivity contribution in [3.63, 3.8) is 0 Å². The van der Waals surface area contributed by atoms with E-state index in [1.807, 2.05) is 66.2 Å². The number of aromatic nitrogens is 3. The fourth-order valence-corrected chi connectivity index (χ4v) is 2.50. The molecule has 0 aliphatic rings. The van der Waals surface area contributed by atoms with Crippen LogP contribution < -0.4 is 4.74 Å². The first-order valence-electron chi connectivity index (χ1n) is 7.12. The first-order valence-corrected chi connectivity index (χ1v) is 7.66. The molecule has 0 saturated carbocycles. The van der Waals surface area contributed by atoms with Gasteiger partial charge in [-0.1, -0.05) is 35.5 Å². The van der Waals surface area contributed by atoms with Crippen molar-refractivity contribution in [3.8, 4) is 22.7 Å². The number of hydrogen-bond donors (Lipinski definition) is 0. The number of nitrogens with zero attached hydrogens (tertiary/aromatic N) is 3. The molecule has 0 radical (unpaired) electrons. The van der Waals surface area contributed by atoms with E-state index in [9.17, 15) is 0 Å². The van der Waals surface area contributed by atoms with Crippen molar-refractivity contribution >= 4 is 11.6 Å². The van der Waals surface area contributed by atoms with Crippen LogP contribution in [0, 0.1) is 0 Å². The van der Waals surface area contributed by atoms with E-state index in [-0.39, 0.29) is 0 Å². The molecule has 5 heteroatoms. The summed E-state index contributed by atoms with van der Waals surface area (Å²) in [5.41, 5.74) is 3.64. The van der Waals surface area contributed by atoms with Gasteiger partial charge in [-0.3, -0.25) is 0 Å². The minimum absolute atomic E-state index is 0.321. The Bertz CT molecular complexity index is 738. The summed E-state index contributed by atoms with van der Waals surface area (Å²) in [5.74, 6) is 1.16. The zero-order valence-corrected chi connectivity index (χ0v) is 13.0. The summed E-state index contributed by atoms with van der Waals surface area (Å²) < 4.78 is 7.28. The summed E-state index contributed by atoms with van der Waals surface area (Å²) in [5, 5.41) is 8.45. The SMILES string of the molecule is CCOc1ccc(-n2nnc(CCl)c2-c2ccccc2)cc1. The molecule has 3 aromatic rings. The van der Waals surface area contributed by atoms with Gasteiger partial charge in [0, 0.05) is 5.56 Å². The molecule has 0 aliphatic carbocycles. The van der Waals surface area contributed by atoms with Crippen LogP contribution in [0.3, 0.4) is 0 Å². The molecule has 0 amide bonds. The normalized spacial score (nSPS) is 10.6. The van der Waals surface area contributed by atoms with E-state index in [4.69, 9.17) is 16.3 Å². The summed E-state index contributed by atoms with van der Waals surface area (Å²) in [4.78, 5) is 0. The zero-order valence-electron chi connectivity index (χ0n) is 12.2. The van der Waals surface area contributed by atoms with Gasteiger partial charge in [0.25, 0.3) is 0 Å². The Morgan fingerprint density at radius 3 is 2.41 bits per heavy atom. The highest BCUT2D eigenvalue weighted by Crippen LogP contribution is 2.26. The van der Waals surface area contributed by atoms with Gasteiger partial charge < -0.3 is 4.74 Å². The molecule has 0 N–H and O–H groups in total. The van der Waals surface area contributed by atoms with Crippen molar-refractivity contribution in [2.75, 3.05) is 6.61 Å². The van der Waals surface area contributed by atoms with Crippen molar-refractivity contribution < 1.29 is 4.74 Å². The molecule has 0 bridgehead atoms. The molecule has 0 aliphatic heterocycles. The van der Waals surface area contributed by atoms with E-state index in [0.29, 0.717) is 12.5 Å². The average molecular weight is 314 g/mol. The monoisotopic (exact) mass is 313 g/mol. The second kappa shape index (κ2) is 6.62. The Balaban J connectivity index is 2.06. The maximum atomic E-state index is 6.01. The molecule has 0 spiro atoms. The average Bonchev–Trinajstić information content (AvgIpc) is 3.00. The van der Waals surface area contributed by atoms with Crippen LogP contribution in [0.5, 0.6) is 5.75 Å². The lowest BCUT2D eigenvalue weighted by Gasteiger charge is -2.09. The van der Waals surface area contributed by atoms with Crippen molar-refractivity contribution in [1.29, 1.82) is 0 Å². The van der Waals surface area contributed by atoms with Crippen LogP contribution in [0.25, 0.3) is 16.9 Å². The topological polar surface area (TPSA) is 39.9 Å². The third-order valence-corrected chi connectivity index (χ3v) is 3.56. The van der Waals surface area contributed by atoms with E-state index in [1.54, 1.807) is 0 Å². The van der Waals surface area contributed by atoms with Crippen LogP contribution >= 0.6 is 11.6 Å². The lowest BCUT2D eigenvalue weighted by atomic mass is 10.1. The largest absolute Gasteiger partial charge is 0.494 e. The number of benzene rings is 2. The van der Waals surface area contributed by atoms with E-state index < -0.39 is 0 Å². The molecule has 0 atom stereocenters. The molecule has 0 unspecified atom stereocenters. The van der Waals surface area contributed by atoms with E-state index >= 15 is 0 Å². The van der Waals surface area contributed by atoms with Crippen LogP contribution in [0.15, 0.2) is 54.6 Å². The highest BCUT2D eigenvalue weighted by molar-refractivity contribution is 6.17. The standard InChI is InChI=1S/C17H16ClN3O/c1-2-22-15-10-8-14(9-11-15)21-17(16(12-18)19-20-21)13-6-4-3-5-7-13/h3-11H,2,12H2,1H3. The molecule has 4 nitrogen and oxygen atoms in total. The summed E-state index contributed by atoms with van der Waals surface area (Å²) in [6.07, 6.45) is 0. The number of rotatable bonds is 5. The van der Waals surface area contributed by atoms with Crippen LogP contribution in [0.1, 0.15) is 12.6 Å². The quantitative estimate of drug-likeness (QED) is 0.667. The zero-order chi connectivity index (χ0) is 15.4. The van der Waals surface area contributed by atoms with Gasteiger partial charge in [-0.2, -0.15) is 0 Å². The van der Waals surface area contributed by atoms with Gasteiger partial charge in [0.1, 0.15) is 11.4 Å². The summed E-state index contributed by atoms with van der Waals surface area (Å²) in [7, 11) is 0. The van der Waals surface area contributed by atoms with Crippen LogP contribution in [0.2, 0.25) is 0 Å². The summed E-state index contributed by atoms with van der Waals surface area (Å²) in [6, 6.07) is 17.8. The van der Waals surface area contributed by atoms with Crippen LogP contribution in [-0.2, 0) is 5.88 Å². The van der Waals surface area contributed by atoms with Gasteiger partial charge in [0.15, 0.2) is 0 Å². The third kappa shape index (κ3) is 2.83. The Hall–Kier alpha value is -2.33. The molecule has 2 aromatic carbocycles. The second-order valence-electron chi connectivity index (χ2n) is 4.72. The van der Waals surface area contributed by atoms with Crippen molar-refractivity contribution in [1.82, 2.24) is 15.0 Å². The fraction of sp³-hybridized carbons (Fsp3) is 0.176. The molecule has 0 fully saturated rings. The maximum absolute atomic E-state index is 6.01. The second-order valence-corrected chi connectivity index (χ2v) is 4.99. The Morgan fingerprint density at radius 2 is 1.77 bits per heavy atom. The predicted molar refractivity (Wildman–Crippen MR) is 87.5 cm³/mol. The predicted octanol–water partition coefficient (Wildman–Crippen LogP) is 4.07. The molecule has 0 saturated heterocycles. The van der Waals surface area contributed by atoms with Gasteiger partial charge >= 0.3 is 0 Å². The molecule has 1 heterocycles. The highest BCUT2D eigenvalue weighted by atomic mass is 35.5. The van der Waals surface area contributed by atoms with E-state index in [2.05, 4.69) is 10.3 Å². The van der Waals surface area contributed by atoms with Gasteiger partial charge in [0.2, 0.25) is 0 Å². The Kier molecular flexibility index (Phi) is 4.39. The van der Waals surface area contributed by atoms with Gasteiger partial charge in [0.05, 0.1) is 23.9 Å². The molecule has 3 rings (SSSR count). The number of halogens is 1. The van der Waals surface area contributed by atoms with E-state index in [1.165, 1.54) is 0 Å². The van der Waals surface area contributed by atoms with Crippen molar-refractivity contribution in [3.05, 3.63) is 60.3 Å². The third-order valence-electron chi connectivity index (χ3n) is 3.31. The minimum Gasteiger partial charge on any atom is -0.494 e. The smallest absolute Gasteiger partial charge is 0.119 e.